The molecule has 14 heteroatoms. The maximum Gasteiger partial charge on any atom is 0.448 e. The third-order valence-electron chi connectivity index (χ3n) is 3.85. The first kappa shape index (κ1) is 33.5. The molecule has 0 aromatic rings. The summed E-state index contributed by atoms with van der Waals surface area (Å²) in [5, 5.41) is 6.18. The summed E-state index contributed by atoms with van der Waals surface area (Å²) in [6, 6.07) is 1.74. The molecular formula is C18H44N2O6S4Si2. The average molecular weight is 569 g/mol. The van der Waals surface area contributed by atoms with Crippen molar-refractivity contribution in [1.29, 1.82) is 0 Å². The molecule has 0 radical (unpaired) electrons. The minimum absolute atomic E-state index is 0.591. The molecule has 0 saturated heterocycles. The molecule has 0 aromatic carbocycles. The lowest BCUT2D eigenvalue weighted by molar-refractivity contribution is 0.0396. The van der Waals surface area contributed by atoms with E-state index in [0.717, 1.165) is 36.4 Å². The van der Waals surface area contributed by atoms with Crippen molar-refractivity contribution in [2.75, 3.05) is 51.1 Å². The summed E-state index contributed by atoms with van der Waals surface area (Å²) in [7, 11) is 2.43. The molecule has 0 rings (SSSR count). The van der Waals surface area contributed by atoms with Gasteiger partial charge in [0.1, 0.15) is 0 Å². The van der Waals surface area contributed by atoms with E-state index in [1.807, 2.05) is 82.8 Å². The van der Waals surface area contributed by atoms with Crippen LogP contribution in [0, 0.1) is 0 Å². The van der Waals surface area contributed by atoms with Crippen molar-refractivity contribution >= 4 is 58.7 Å². The van der Waals surface area contributed by atoms with Gasteiger partial charge in [0.2, 0.25) is 0 Å². The van der Waals surface area contributed by atoms with Crippen molar-refractivity contribution in [2.24, 2.45) is 0 Å². The van der Waals surface area contributed by atoms with Crippen LogP contribution in [0.5, 0.6) is 0 Å². The minimum atomic E-state index is -2.49. The van der Waals surface area contributed by atoms with E-state index < -0.39 is 17.4 Å². The highest BCUT2D eigenvalue weighted by atomic mass is 33.7. The van der Waals surface area contributed by atoms with Gasteiger partial charge in [-0.25, -0.2) is 0 Å². The zero-order chi connectivity index (χ0) is 24.0. The first-order valence-electron chi connectivity index (χ1n) is 11.5. The fourth-order valence-corrected chi connectivity index (χ4v) is 14.4. The van der Waals surface area contributed by atoms with Gasteiger partial charge in [-0.1, -0.05) is 21.6 Å². The molecule has 0 saturated carbocycles. The Kier molecular flexibility index (Phi) is 24.0. The number of hydrogen-bond acceptors (Lipinski definition) is 12. The second-order valence-corrected chi connectivity index (χ2v) is 18.1. The quantitative estimate of drug-likeness (QED) is 0.0627. The summed E-state index contributed by atoms with van der Waals surface area (Å²) >= 11 is 0. The van der Waals surface area contributed by atoms with E-state index in [4.69, 9.17) is 27.4 Å². The second kappa shape index (κ2) is 22.9. The first-order chi connectivity index (χ1) is 15.6. The van der Waals surface area contributed by atoms with Crippen LogP contribution in [0.3, 0.4) is 0 Å². The molecule has 0 aliphatic carbocycles. The van der Waals surface area contributed by atoms with E-state index in [9.17, 15) is 0 Å². The molecule has 194 valence electrons. The Hall–Kier alpha value is 1.51. The van der Waals surface area contributed by atoms with Crippen molar-refractivity contribution in [3.05, 3.63) is 0 Å². The molecule has 0 amide bonds. The smallest absolute Gasteiger partial charge is 0.382 e. The summed E-state index contributed by atoms with van der Waals surface area (Å²) in [4.78, 5) is 10.9. The first-order valence-corrected chi connectivity index (χ1v) is 20.7. The molecule has 0 unspecified atom stereocenters. The lowest BCUT2D eigenvalue weighted by atomic mass is 10.6. The zero-order valence-electron chi connectivity index (χ0n) is 20.6. The van der Waals surface area contributed by atoms with Gasteiger partial charge in [-0.05, 0) is 74.0 Å². The highest BCUT2D eigenvalue weighted by Crippen LogP contribution is 2.43. The Balaban J connectivity index is 4.07. The summed E-state index contributed by atoms with van der Waals surface area (Å²) < 4.78 is 23.8. The highest BCUT2D eigenvalue weighted by molar-refractivity contribution is 9.26. The van der Waals surface area contributed by atoms with E-state index in [0.29, 0.717) is 39.6 Å². The van der Waals surface area contributed by atoms with Crippen molar-refractivity contribution in [3.63, 3.8) is 0 Å². The molecular weight excluding hydrogens is 525 g/mol. The highest BCUT2D eigenvalue weighted by Gasteiger charge is 2.39. The molecule has 8 nitrogen and oxygen atoms in total. The predicted molar refractivity (Wildman–Crippen MR) is 146 cm³/mol. The van der Waals surface area contributed by atoms with Gasteiger partial charge in [-0.2, -0.15) is 10.3 Å². The van der Waals surface area contributed by atoms with Gasteiger partial charge in [0, 0.05) is 50.0 Å². The van der Waals surface area contributed by atoms with Crippen LogP contribution in [-0.2, 0) is 27.4 Å². The average Bonchev–Trinajstić information content (AvgIpc) is 2.78. The molecule has 0 spiro atoms. The van der Waals surface area contributed by atoms with Gasteiger partial charge in [-0.15, -0.1) is 0 Å². The van der Waals surface area contributed by atoms with Crippen LogP contribution in [0.25, 0.3) is 0 Å². The van der Waals surface area contributed by atoms with Crippen LogP contribution < -0.4 is 10.3 Å². The van der Waals surface area contributed by atoms with Crippen LogP contribution in [-0.4, -0.2) is 68.6 Å². The maximum absolute atomic E-state index is 5.95. The Bertz CT molecular complexity index is 378. The fraction of sp³-hybridized carbons (Fsp3) is 1.00. The zero-order valence-corrected chi connectivity index (χ0v) is 25.8. The standard InChI is InChI=1S/C18H44N2O6S4Si2/c1-7-21-19-31(23-9-3,24-10-4)17-13-15-27-29-30-28-16-14-18-32(25-11-5,26-12-6)20-22-8-2/h19-20H,7-18H2,1-6H3. The van der Waals surface area contributed by atoms with Gasteiger partial charge >= 0.3 is 17.4 Å². The number of hydrogen-bond donors (Lipinski definition) is 2. The maximum atomic E-state index is 5.95. The van der Waals surface area contributed by atoms with E-state index in [-0.39, 0.29) is 0 Å². The van der Waals surface area contributed by atoms with Gasteiger partial charge < -0.3 is 27.4 Å². The Morgan fingerprint density at radius 2 is 0.875 bits per heavy atom. The third kappa shape index (κ3) is 16.2. The molecule has 0 aromatic heterocycles. The van der Waals surface area contributed by atoms with Gasteiger partial charge in [0.05, 0.1) is 13.2 Å². The molecule has 2 N–H and O–H groups in total. The summed E-state index contributed by atoms with van der Waals surface area (Å²) in [6.45, 7) is 15.6. The number of rotatable bonds is 25. The van der Waals surface area contributed by atoms with Crippen molar-refractivity contribution < 1.29 is 27.4 Å². The van der Waals surface area contributed by atoms with E-state index >= 15 is 0 Å². The van der Waals surface area contributed by atoms with Gasteiger partial charge in [-0.3, -0.25) is 0 Å². The topological polar surface area (TPSA) is 79.4 Å². The summed E-state index contributed by atoms with van der Waals surface area (Å²) in [5.41, 5.74) is 0. The fourth-order valence-electron chi connectivity index (χ4n) is 2.72. The van der Waals surface area contributed by atoms with Crippen molar-refractivity contribution in [3.8, 4) is 0 Å². The Morgan fingerprint density at radius 3 is 1.16 bits per heavy atom. The molecule has 0 bridgehead atoms. The van der Waals surface area contributed by atoms with Gasteiger partial charge in [0.15, 0.2) is 0 Å². The molecule has 0 aliphatic rings. The van der Waals surface area contributed by atoms with Crippen LogP contribution in [0.1, 0.15) is 54.4 Å². The van der Waals surface area contributed by atoms with Crippen molar-refractivity contribution in [2.45, 2.75) is 66.5 Å². The minimum Gasteiger partial charge on any atom is -0.382 e. The molecule has 0 heterocycles. The van der Waals surface area contributed by atoms with E-state index in [1.165, 1.54) is 0 Å². The Labute approximate surface area is 213 Å². The molecule has 0 atom stereocenters. The van der Waals surface area contributed by atoms with E-state index in [2.05, 4.69) is 10.3 Å². The van der Waals surface area contributed by atoms with Crippen LogP contribution >= 0.6 is 41.2 Å². The van der Waals surface area contributed by atoms with Crippen LogP contribution in [0.4, 0.5) is 0 Å². The van der Waals surface area contributed by atoms with Crippen LogP contribution in [0.2, 0.25) is 12.1 Å². The van der Waals surface area contributed by atoms with Crippen LogP contribution in [0.15, 0.2) is 0 Å². The molecule has 32 heavy (non-hydrogen) atoms. The summed E-state index contributed by atoms with van der Waals surface area (Å²) in [5.74, 6) is 2.09. The van der Waals surface area contributed by atoms with Crippen molar-refractivity contribution in [1.82, 2.24) is 10.3 Å². The van der Waals surface area contributed by atoms with Gasteiger partial charge in [0.25, 0.3) is 0 Å². The molecule has 0 aliphatic heterocycles. The lowest BCUT2D eigenvalue weighted by Gasteiger charge is -2.29. The summed E-state index contributed by atoms with van der Waals surface area (Å²) in [6.07, 6.45) is 2.05. The van der Waals surface area contributed by atoms with E-state index in [1.54, 1.807) is 0 Å². The molecule has 0 fully saturated rings. The number of nitrogens with one attached hydrogen (secondary N) is 2. The Morgan fingerprint density at radius 1 is 0.531 bits per heavy atom. The normalized spacial score (nSPS) is 12.6. The SMILES string of the molecule is CCON[Si](CCCSSSSCCC[Si](NOCC)(OCC)OCC)(OCC)OCC. The lowest BCUT2D eigenvalue weighted by Crippen LogP contribution is -2.56. The third-order valence-corrected chi connectivity index (χ3v) is 16.4. The largest absolute Gasteiger partial charge is 0.448 e. The monoisotopic (exact) mass is 568 g/mol. The second-order valence-electron chi connectivity index (χ2n) is 6.30. The predicted octanol–water partition coefficient (Wildman–Crippen LogP) is 5.55.